The van der Waals surface area contributed by atoms with Gasteiger partial charge in [-0.1, -0.05) is 0 Å². The molecule has 0 spiro atoms. The van der Waals surface area contributed by atoms with Crippen molar-refractivity contribution in [2.24, 2.45) is 0 Å². The van der Waals surface area contributed by atoms with E-state index in [4.69, 9.17) is 0 Å². The van der Waals surface area contributed by atoms with Gasteiger partial charge < -0.3 is 4.90 Å². The molecule has 0 bridgehead atoms. The Balaban J connectivity index is 1.61. The van der Waals surface area contributed by atoms with Gasteiger partial charge in [-0.25, -0.2) is 4.98 Å². The first-order valence-corrected chi connectivity index (χ1v) is 8.04. The number of anilines is 1. The Bertz CT molecular complexity index is 565. The molecule has 0 saturated carbocycles. The number of rotatable bonds is 3. The maximum Gasteiger partial charge on any atom is 0.128 e. The van der Waals surface area contributed by atoms with E-state index in [1.807, 2.05) is 24.7 Å². The normalized spacial score (nSPS) is 17.7. The molecule has 110 valence electrons. The molecule has 0 amide bonds. The molecule has 2 aromatic heterocycles. The monoisotopic (exact) mass is 346 g/mol. The average Bonchev–Trinajstić information content (AvgIpc) is 2.56. The lowest BCUT2D eigenvalue weighted by atomic mass is 10.1. The van der Waals surface area contributed by atoms with Crippen LogP contribution in [0.2, 0.25) is 0 Å². The lowest BCUT2D eigenvalue weighted by Crippen LogP contribution is -2.47. The molecule has 0 N–H and O–H groups in total. The van der Waals surface area contributed by atoms with Crippen LogP contribution < -0.4 is 4.90 Å². The lowest BCUT2D eigenvalue weighted by molar-refractivity contribution is 0.198. The molecule has 3 rings (SSSR count). The summed E-state index contributed by atoms with van der Waals surface area (Å²) >= 11 is 3.43. The first-order valence-electron chi connectivity index (χ1n) is 7.24. The molecule has 1 aliphatic rings. The van der Waals surface area contributed by atoms with Gasteiger partial charge in [-0.05, 0) is 52.7 Å². The molecule has 2 aromatic rings. The molecule has 21 heavy (non-hydrogen) atoms. The Morgan fingerprint density at radius 3 is 2.38 bits per heavy atom. The quantitative estimate of drug-likeness (QED) is 0.854. The fraction of sp³-hybridized carbons (Fsp3) is 0.375. The van der Waals surface area contributed by atoms with Crippen LogP contribution in [0.4, 0.5) is 5.82 Å². The van der Waals surface area contributed by atoms with E-state index in [9.17, 15) is 0 Å². The number of aromatic nitrogens is 2. The molecule has 3 heterocycles. The van der Waals surface area contributed by atoms with Gasteiger partial charge in [-0.2, -0.15) is 0 Å². The summed E-state index contributed by atoms with van der Waals surface area (Å²) < 4.78 is 1.02. The van der Waals surface area contributed by atoms with E-state index in [0.717, 1.165) is 36.5 Å². The van der Waals surface area contributed by atoms with Gasteiger partial charge in [-0.3, -0.25) is 9.88 Å². The minimum absolute atomic E-state index is 0.438. The van der Waals surface area contributed by atoms with Gasteiger partial charge >= 0.3 is 0 Å². The van der Waals surface area contributed by atoms with Crippen molar-refractivity contribution in [1.29, 1.82) is 0 Å². The Kier molecular flexibility index (Phi) is 4.51. The molecule has 0 aliphatic carbocycles. The third-order valence-electron chi connectivity index (χ3n) is 4.09. The second-order valence-corrected chi connectivity index (χ2v) is 6.23. The van der Waals surface area contributed by atoms with Gasteiger partial charge in [-0.15, -0.1) is 0 Å². The van der Waals surface area contributed by atoms with Crippen LogP contribution >= 0.6 is 15.9 Å². The molecule has 5 heteroatoms. The molecule has 1 saturated heterocycles. The second-order valence-electron chi connectivity index (χ2n) is 5.31. The van der Waals surface area contributed by atoms with Crippen molar-refractivity contribution in [2.45, 2.75) is 13.0 Å². The summed E-state index contributed by atoms with van der Waals surface area (Å²) in [5.74, 6) is 1.06. The molecule has 4 nitrogen and oxygen atoms in total. The minimum atomic E-state index is 0.438. The Labute approximate surface area is 133 Å². The van der Waals surface area contributed by atoms with Gasteiger partial charge in [0.25, 0.3) is 0 Å². The van der Waals surface area contributed by atoms with Crippen LogP contribution in [0.3, 0.4) is 0 Å². The van der Waals surface area contributed by atoms with Crippen molar-refractivity contribution in [3.05, 3.63) is 52.9 Å². The predicted octanol–water partition coefficient (Wildman–Crippen LogP) is 3.12. The van der Waals surface area contributed by atoms with E-state index in [2.05, 4.69) is 60.8 Å². The van der Waals surface area contributed by atoms with Crippen LogP contribution in [-0.4, -0.2) is 41.0 Å². The predicted molar refractivity (Wildman–Crippen MR) is 88.4 cm³/mol. The van der Waals surface area contributed by atoms with Crippen LogP contribution in [0.15, 0.2) is 47.3 Å². The van der Waals surface area contributed by atoms with E-state index in [1.165, 1.54) is 5.56 Å². The van der Waals surface area contributed by atoms with Crippen molar-refractivity contribution < 1.29 is 0 Å². The standard InChI is InChI=1S/C16H19BrN4/c1-13(14-4-6-18-7-5-14)20-8-10-21(11-9-20)16-3-2-15(17)12-19-16/h2-7,12-13H,8-11H2,1H3/t13-/m1/s1. The third kappa shape index (κ3) is 3.41. The summed E-state index contributed by atoms with van der Waals surface area (Å²) in [7, 11) is 0. The molecular weight excluding hydrogens is 328 g/mol. The number of halogens is 1. The Morgan fingerprint density at radius 1 is 1.05 bits per heavy atom. The molecule has 0 unspecified atom stereocenters. The first-order chi connectivity index (χ1) is 10.2. The summed E-state index contributed by atoms with van der Waals surface area (Å²) in [6.07, 6.45) is 5.60. The highest BCUT2D eigenvalue weighted by atomic mass is 79.9. The highest BCUT2D eigenvalue weighted by molar-refractivity contribution is 9.10. The van der Waals surface area contributed by atoms with Gasteiger partial charge in [0.05, 0.1) is 0 Å². The SMILES string of the molecule is C[C@H](c1ccncc1)N1CCN(c2ccc(Br)cn2)CC1. The van der Waals surface area contributed by atoms with Crippen LogP contribution in [0.1, 0.15) is 18.5 Å². The Morgan fingerprint density at radius 2 is 1.76 bits per heavy atom. The van der Waals surface area contributed by atoms with Crippen LogP contribution in [-0.2, 0) is 0 Å². The van der Waals surface area contributed by atoms with E-state index < -0.39 is 0 Å². The fourth-order valence-electron chi connectivity index (χ4n) is 2.75. The fourth-order valence-corrected chi connectivity index (χ4v) is 2.98. The van der Waals surface area contributed by atoms with Gasteiger partial charge in [0.15, 0.2) is 0 Å². The van der Waals surface area contributed by atoms with Gasteiger partial charge in [0, 0.05) is 55.3 Å². The maximum absolute atomic E-state index is 4.48. The molecular formula is C16H19BrN4. The number of nitrogens with zero attached hydrogens (tertiary/aromatic N) is 4. The Hall–Kier alpha value is -1.46. The van der Waals surface area contributed by atoms with E-state index >= 15 is 0 Å². The van der Waals surface area contributed by atoms with Crippen LogP contribution in [0.25, 0.3) is 0 Å². The van der Waals surface area contributed by atoms with E-state index in [0.29, 0.717) is 6.04 Å². The largest absolute Gasteiger partial charge is 0.354 e. The highest BCUT2D eigenvalue weighted by Gasteiger charge is 2.22. The van der Waals surface area contributed by atoms with Crippen molar-refractivity contribution >= 4 is 21.7 Å². The van der Waals surface area contributed by atoms with E-state index in [1.54, 1.807) is 0 Å². The van der Waals surface area contributed by atoms with Crippen LogP contribution in [0.5, 0.6) is 0 Å². The smallest absolute Gasteiger partial charge is 0.128 e. The number of pyridine rings is 2. The molecule has 1 aliphatic heterocycles. The lowest BCUT2D eigenvalue weighted by Gasteiger charge is -2.38. The summed E-state index contributed by atoms with van der Waals surface area (Å²) in [5, 5.41) is 0. The molecule has 1 fully saturated rings. The molecule has 1 atom stereocenters. The number of hydrogen-bond donors (Lipinski definition) is 0. The zero-order chi connectivity index (χ0) is 14.7. The van der Waals surface area contributed by atoms with Crippen molar-refractivity contribution in [2.75, 3.05) is 31.1 Å². The van der Waals surface area contributed by atoms with Crippen molar-refractivity contribution in [1.82, 2.24) is 14.9 Å². The highest BCUT2D eigenvalue weighted by Crippen LogP contribution is 2.23. The number of piperazine rings is 1. The first kappa shape index (κ1) is 14.5. The second kappa shape index (κ2) is 6.54. The summed E-state index contributed by atoms with van der Waals surface area (Å²) in [4.78, 5) is 13.4. The van der Waals surface area contributed by atoms with Crippen molar-refractivity contribution in [3.63, 3.8) is 0 Å². The summed E-state index contributed by atoms with van der Waals surface area (Å²) in [6, 6.07) is 8.77. The summed E-state index contributed by atoms with van der Waals surface area (Å²) in [5.41, 5.74) is 1.33. The third-order valence-corrected chi connectivity index (χ3v) is 4.56. The van der Waals surface area contributed by atoms with E-state index in [-0.39, 0.29) is 0 Å². The minimum Gasteiger partial charge on any atom is -0.354 e. The number of hydrogen-bond acceptors (Lipinski definition) is 4. The summed E-state index contributed by atoms with van der Waals surface area (Å²) in [6.45, 7) is 6.42. The zero-order valence-corrected chi connectivity index (χ0v) is 13.7. The zero-order valence-electron chi connectivity index (χ0n) is 12.1. The van der Waals surface area contributed by atoms with Crippen LogP contribution in [0, 0.1) is 0 Å². The van der Waals surface area contributed by atoms with Gasteiger partial charge in [0.1, 0.15) is 5.82 Å². The van der Waals surface area contributed by atoms with Crippen molar-refractivity contribution in [3.8, 4) is 0 Å². The molecule has 0 radical (unpaired) electrons. The maximum atomic E-state index is 4.48. The average molecular weight is 347 g/mol. The topological polar surface area (TPSA) is 32.3 Å². The van der Waals surface area contributed by atoms with Gasteiger partial charge in [0.2, 0.25) is 0 Å². The molecule has 0 aromatic carbocycles.